The van der Waals surface area contributed by atoms with Gasteiger partial charge in [-0.05, 0) is 56.7 Å². The lowest BCUT2D eigenvalue weighted by Gasteiger charge is -2.29. The summed E-state index contributed by atoms with van der Waals surface area (Å²) in [7, 11) is -3.45. The van der Waals surface area contributed by atoms with Crippen LogP contribution in [-0.4, -0.2) is 38.4 Å². The van der Waals surface area contributed by atoms with Crippen molar-refractivity contribution in [1.82, 2.24) is 4.31 Å². The molecule has 1 aliphatic heterocycles. The third-order valence-corrected chi connectivity index (χ3v) is 6.75. The van der Waals surface area contributed by atoms with Crippen LogP contribution in [0.5, 0.6) is 11.5 Å². The van der Waals surface area contributed by atoms with Gasteiger partial charge in [0, 0.05) is 13.1 Å². The highest BCUT2D eigenvalue weighted by molar-refractivity contribution is 7.89. The molecule has 1 saturated heterocycles. The highest BCUT2D eigenvalue weighted by Gasteiger charge is 2.29. The van der Waals surface area contributed by atoms with Crippen molar-refractivity contribution in [1.29, 1.82) is 0 Å². The molecule has 0 amide bonds. The molecule has 0 N–H and O–H groups in total. The van der Waals surface area contributed by atoms with Crippen LogP contribution in [0.3, 0.4) is 0 Å². The van der Waals surface area contributed by atoms with Gasteiger partial charge in [-0.1, -0.05) is 6.07 Å². The molecule has 0 radical (unpaired) electrons. The number of furan rings is 1. The Morgan fingerprint density at radius 1 is 1.14 bits per heavy atom. The zero-order valence-electron chi connectivity index (χ0n) is 16.2. The van der Waals surface area contributed by atoms with E-state index in [0.29, 0.717) is 46.9 Å². The minimum absolute atomic E-state index is 0.231. The van der Waals surface area contributed by atoms with Crippen molar-refractivity contribution in [3.63, 3.8) is 0 Å². The maximum Gasteiger partial charge on any atom is 0.342 e. The van der Waals surface area contributed by atoms with E-state index in [1.807, 2.05) is 0 Å². The monoisotopic (exact) mass is 415 g/mol. The molecule has 1 aromatic heterocycles. The van der Waals surface area contributed by atoms with Gasteiger partial charge in [0.05, 0.1) is 16.9 Å². The van der Waals surface area contributed by atoms with E-state index in [2.05, 4.69) is 0 Å². The number of ether oxygens (including phenoxy) is 2. The van der Waals surface area contributed by atoms with Gasteiger partial charge < -0.3 is 13.9 Å². The minimum Gasteiger partial charge on any atom is -0.462 e. The first-order valence-corrected chi connectivity index (χ1v) is 10.8. The molecule has 29 heavy (non-hydrogen) atoms. The average Bonchev–Trinajstić information content (AvgIpc) is 2.97. The Labute approximate surface area is 168 Å². The lowest BCUT2D eigenvalue weighted by molar-refractivity contribution is 0.0526. The molecule has 8 heteroatoms. The fourth-order valence-electron chi connectivity index (χ4n) is 3.25. The molecular weight excluding hydrogens is 394 g/mol. The summed E-state index contributed by atoms with van der Waals surface area (Å²) in [5.41, 5.74) is 0.842. The van der Waals surface area contributed by atoms with E-state index in [1.165, 1.54) is 16.4 Å². The van der Waals surface area contributed by atoms with Crippen LogP contribution >= 0.6 is 0 Å². The normalized spacial score (nSPS) is 14.6. The van der Waals surface area contributed by atoms with Crippen LogP contribution in [0.4, 0.5) is 0 Å². The average molecular weight is 415 g/mol. The van der Waals surface area contributed by atoms with Gasteiger partial charge in [0.25, 0.3) is 0 Å². The van der Waals surface area contributed by atoms with Gasteiger partial charge in [-0.2, -0.15) is 4.31 Å². The Kier molecular flexibility index (Phi) is 5.06. The number of carbonyl (C=O) groups is 1. The number of hydrogen-bond acceptors (Lipinski definition) is 6. The number of esters is 1. The number of carbonyl (C=O) groups excluding carboxylic acids is 1. The van der Waals surface area contributed by atoms with Gasteiger partial charge >= 0.3 is 5.97 Å². The molecule has 1 fully saturated rings. The van der Waals surface area contributed by atoms with E-state index in [9.17, 15) is 13.2 Å². The molecule has 1 aliphatic rings. The minimum atomic E-state index is -3.45. The van der Waals surface area contributed by atoms with Crippen LogP contribution in [-0.2, 0) is 14.8 Å². The molecule has 3 aromatic rings. The van der Waals surface area contributed by atoms with E-state index < -0.39 is 16.0 Å². The first-order chi connectivity index (χ1) is 13.9. The number of nitrogens with zero attached hydrogens (tertiary/aromatic N) is 1. The number of rotatable bonds is 6. The molecule has 2 aromatic carbocycles. The third-order valence-electron chi connectivity index (χ3n) is 4.84. The molecule has 0 spiro atoms. The number of benzene rings is 2. The molecule has 7 nitrogen and oxygen atoms in total. The third kappa shape index (κ3) is 3.49. The maximum absolute atomic E-state index is 12.5. The number of fused-ring (bicyclic) bond motifs is 1. The van der Waals surface area contributed by atoms with Crippen molar-refractivity contribution < 1.29 is 27.1 Å². The summed E-state index contributed by atoms with van der Waals surface area (Å²) in [6.07, 6.45) is 0.886. The largest absolute Gasteiger partial charge is 0.462 e. The quantitative estimate of drug-likeness (QED) is 0.563. The van der Waals surface area contributed by atoms with Crippen LogP contribution in [0, 0.1) is 6.92 Å². The zero-order chi connectivity index (χ0) is 20.6. The molecular formula is C21H21NO6S. The van der Waals surface area contributed by atoms with E-state index in [-0.39, 0.29) is 11.5 Å². The highest BCUT2D eigenvalue weighted by Crippen LogP contribution is 2.36. The van der Waals surface area contributed by atoms with Gasteiger partial charge in [-0.25, -0.2) is 13.2 Å². The standard InChI is InChI=1S/C21H21NO6S/c1-3-26-21(23)19-14(2)27-17-6-4-7-18(20(17)19)28-15-8-10-16(11-9-15)29(24,25)22-12-5-13-22/h4,6-11H,3,5,12-13H2,1-2H3. The van der Waals surface area contributed by atoms with Gasteiger partial charge in [0.1, 0.15) is 28.4 Å². The van der Waals surface area contributed by atoms with Crippen molar-refractivity contribution in [2.45, 2.75) is 25.2 Å². The first-order valence-electron chi connectivity index (χ1n) is 9.39. The van der Waals surface area contributed by atoms with Crippen LogP contribution in [0.2, 0.25) is 0 Å². The van der Waals surface area contributed by atoms with Gasteiger partial charge in [-0.15, -0.1) is 0 Å². The SMILES string of the molecule is CCOC(=O)c1c(C)oc2cccc(Oc3ccc(S(=O)(=O)N4CCC4)cc3)c12. The fraction of sp³-hybridized carbons (Fsp3) is 0.286. The fourth-order valence-corrected chi connectivity index (χ4v) is 4.77. The summed E-state index contributed by atoms with van der Waals surface area (Å²) in [4.78, 5) is 12.6. The smallest absolute Gasteiger partial charge is 0.342 e. The van der Waals surface area contributed by atoms with E-state index in [0.717, 1.165) is 6.42 Å². The maximum atomic E-state index is 12.5. The van der Waals surface area contributed by atoms with E-state index >= 15 is 0 Å². The van der Waals surface area contributed by atoms with Gasteiger partial charge in [0.15, 0.2) is 0 Å². The van der Waals surface area contributed by atoms with Gasteiger partial charge in [-0.3, -0.25) is 0 Å². The summed E-state index contributed by atoms with van der Waals surface area (Å²) in [6, 6.07) is 11.5. The molecule has 0 aliphatic carbocycles. The van der Waals surface area contributed by atoms with Crippen molar-refractivity contribution in [2.24, 2.45) is 0 Å². The Hall–Kier alpha value is -2.84. The number of hydrogen-bond donors (Lipinski definition) is 0. The van der Waals surface area contributed by atoms with Crippen molar-refractivity contribution >= 4 is 27.0 Å². The molecule has 0 bridgehead atoms. The second-order valence-corrected chi connectivity index (χ2v) is 8.65. The molecule has 0 saturated carbocycles. The van der Waals surface area contributed by atoms with Crippen molar-refractivity contribution in [2.75, 3.05) is 19.7 Å². The summed E-state index contributed by atoms with van der Waals surface area (Å²) < 4.78 is 43.2. The molecule has 4 rings (SSSR count). The molecule has 0 unspecified atom stereocenters. The van der Waals surface area contributed by atoms with Crippen molar-refractivity contribution in [3.05, 3.63) is 53.8 Å². The summed E-state index contributed by atoms with van der Waals surface area (Å²) in [5, 5.41) is 0.528. The molecule has 2 heterocycles. The molecule has 152 valence electrons. The zero-order valence-corrected chi connectivity index (χ0v) is 17.0. The predicted molar refractivity (Wildman–Crippen MR) is 107 cm³/mol. The Morgan fingerprint density at radius 3 is 2.48 bits per heavy atom. The van der Waals surface area contributed by atoms with Crippen LogP contribution in [0.1, 0.15) is 29.5 Å². The summed E-state index contributed by atoms with van der Waals surface area (Å²) >= 11 is 0. The Bertz CT molecular complexity index is 1160. The Balaban J connectivity index is 1.67. The molecule has 0 atom stereocenters. The summed E-state index contributed by atoms with van der Waals surface area (Å²) in [5.74, 6) is 0.857. The van der Waals surface area contributed by atoms with Crippen LogP contribution in [0.15, 0.2) is 51.8 Å². The first kappa shape index (κ1) is 19.5. The summed E-state index contributed by atoms with van der Waals surface area (Å²) in [6.45, 7) is 4.80. The topological polar surface area (TPSA) is 86.0 Å². The van der Waals surface area contributed by atoms with E-state index in [1.54, 1.807) is 44.2 Å². The highest BCUT2D eigenvalue weighted by atomic mass is 32.2. The van der Waals surface area contributed by atoms with Gasteiger partial charge in [0.2, 0.25) is 10.0 Å². The van der Waals surface area contributed by atoms with E-state index in [4.69, 9.17) is 13.9 Å². The van der Waals surface area contributed by atoms with Crippen molar-refractivity contribution in [3.8, 4) is 11.5 Å². The number of aryl methyl sites for hydroxylation is 1. The van der Waals surface area contributed by atoms with Crippen LogP contribution in [0.25, 0.3) is 11.0 Å². The lowest BCUT2D eigenvalue weighted by atomic mass is 10.1. The number of sulfonamides is 1. The Morgan fingerprint density at radius 2 is 1.86 bits per heavy atom. The second-order valence-electron chi connectivity index (χ2n) is 6.71. The predicted octanol–water partition coefficient (Wildman–Crippen LogP) is 4.10. The van der Waals surface area contributed by atoms with Crippen LogP contribution < -0.4 is 4.74 Å². The second kappa shape index (κ2) is 7.53. The lowest BCUT2D eigenvalue weighted by Crippen LogP contribution is -2.41.